The van der Waals surface area contributed by atoms with Gasteiger partial charge in [0.25, 0.3) is 5.91 Å². The van der Waals surface area contributed by atoms with Crippen molar-refractivity contribution in [3.05, 3.63) is 45.7 Å². The number of halogens is 1. The second-order valence-corrected chi connectivity index (χ2v) is 7.10. The van der Waals surface area contributed by atoms with Crippen molar-refractivity contribution in [3.63, 3.8) is 0 Å². The first-order chi connectivity index (χ1) is 10.4. The molecule has 0 spiro atoms. The molecule has 1 aromatic heterocycles. The first-order valence-electron chi connectivity index (χ1n) is 6.72. The standard InChI is InChI=1S/C16H16BrNO3S/c1-10(16(20)21)9-18(2)15(19)14-8-7-13(22-14)11-3-5-12(17)6-4-11/h3-8,10H,9H2,1-2H3,(H,20,21). The number of aliphatic carboxylic acids is 1. The molecule has 2 aromatic rings. The van der Waals surface area contributed by atoms with Gasteiger partial charge in [0.1, 0.15) is 0 Å². The van der Waals surface area contributed by atoms with Gasteiger partial charge < -0.3 is 10.0 Å². The van der Waals surface area contributed by atoms with Crippen LogP contribution in [0.5, 0.6) is 0 Å². The zero-order valence-electron chi connectivity index (χ0n) is 12.2. The Morgan fingerprint density at radius 3 is 2.45 bits per heavy atom. The van der Waals surface area contributed by atoms with Gasteiger partial charge in [-0.1, -0.05) is 35.0 Å². The average Bonchev–Trinajstić information content (AvgIpc) is 2.96. The predicted octanol–water partition coefficient (Wildman–Crippen LogP) is 3.97. The predicted molar refractivity (Wildman–Crippen MR) is 91.2 cm³/mol. The van der Waals surface area contributed by atoms with Crippen molar-refractivity contribution in [3.8, 4) is 10.4 Å². The van der Waals surface area contributed by atoms with E-state index in [1.165, 1.54) is 16.2 Å². The third-order valence-electron chi connectivity index (χ3n) is 3.26. The van der Waals surface area contributed by atoms with Crippen LogP contribution < -0.4 is 0 Å². The largest absolute Gasteiger partial charge is 0.481 e. The van der Waals surface area contributed by atoms with Gasteiger partial charge in [-0.15, -0.1) is 11.3 Å². The van der Waals surface area contributed by atoms with E-state index in [1.54, 1.807) is 20.0 Å². The maximum atomic E-state index is 12.3. The van der Waals surface area contributed by atoms with Crippen molar-refractivity contribution in [1.29, 1.82) is 0 Å². The number of thiophene rings is 1. The Balaban J connectivity index is 2.12. The summed E-state index contributed by atoms with van der Waals surface area (Å²) in [5.41, 5.74) is 1.05. The molecule has 0 fully saturated rings. The minimum atomic E-state index is -0.901. The number of hydrogen-bond acceptors (Lipinski definition) is 3. The number of carboxylic acid groups (broad SMARTS) is 1. The van der Waals surface area contributed by atoms with E-state index in [0.717, 1.165) is 14.9 Å². The fraction of sp³-hybridized carbons (Fsp3) is 0.250. The molecular formula is C16H16BrNO3S. The molecule has 4 nitrogen and oxygen atoms in total. The number of benzene rings is 1. The Labute approximate surface area is 141 Å². The van der Waals surface area contributed by atoms with E-state index in [-0.39, 0.29) is 12.5 Å². The van der Waals surface area contributed by atoms with E-state index in [0.29, 0.717) is 4.88 Å². The summed E-state index contributed by atoms with van der Waals surface area (Å²) >= 11 is 4.80. The van der Waals surface area contributed by atoms with Crippen LogP contribution in [0.2, 0.25) is 0 Å². The normalized spacial score (nSPS) is 12.0. The quantitative estimate of drug-likeness (QED) is 0.852. The van der Waals surface area contributed by atoms with Gasteiger partial charge >= 0.3 is 5.97 Å². The summed E-state index contributed by atoms with van der Waals surface area (Å²) < 4.78 is 1.01. The molecule has 1 aromatic carbocycles. The van der Waals surface area contributed by atoms with Gasteiger partial charge in [-0.3, -0.25) is 9.59 Å². The molecule has 1 amide bonds. The van der Waals surface area contributed by atoms with Crippen LogP contribution in [0.25, 0.3) is 10.4 Å². The number of hydrogen-bond donors (Lipinski definition) is 1. The summed E-state index contributed by atoms with van der Waals surface area (Å²) in [6, 6.07) is 11.6. The van der Waals surface area contributed by atoms with Gasteiger partial charge in [0.05, 0.1) is 10.8 Å². The first kappa shape index (κ1) is 16.7. The zero-order chi connectivity index (χ0) is 16.3. The maximum absolute atomic E-state index is 12.3. The molecule has 0 saturated heterocycles. The van der Waals surface area contributed by atoms with Gasteiger partial charge in [-0.05, 0) is 29.8 Å². The molecule has 0 aliphatic carbocycles. The lowest BCUT2D eigenvalue weighted by atomic mass is 10.2. The molecule has 0 radical (unpaired) electrons. The molecule has 0 bridgehead atoms. The fourth-order valence-corrected chi connectivity index (χ4v) is 3.25. The topological polar surface area (TPSA) is 57.6 Å². The van der Waals surface area contributed by atoms with E-state index in [1.807, 2.05) is 30.3 Å². The second-order valence-electron chi connectivity index (χ2n) is 5.10. The highest BCUT2D eigenvalue weighted by Gasteiger charge is 2.20. The number of nitrogens with zero attached hydrogens (tertiary/aromatic N) is 1. The second kappa shape index (κ2) is 7.07. The van der Waals surface area contributed by atoms with Crippen LogP contribution in [-0.2, 0) is 4.79 Å². The zero-order valence-corrected chi connectivity index (χ0v) is 14.6. The lowest BCUT2D eigenvalue weighted by Crippen LogP contribution is -2.33. The number of carboxylic acids is 1. The number of amides is 1. The van der Waals surface area contributed by atoms with Crippen LogP contribution in [-0.4, -0.2) is 35.5 Å². The number of carbonyl (C=O) groups excluding carboxylic acids is 1. The average molecular weight is 382 g/mol. The van der Waals surface area contributed by atoms with Crippen molar-refractivity contribution < 1.29 is 14.7 Å². The summed E-state index contributed by atoms with van der Waals surface area (Å²) in [5.74, 6) is -1.64. The Morgan fingerprint density at radius 1 is 1.23 bits per heavy atom. The van der Waals surface area contributed by atoms with Gasteiger partial charge in [0.15, 0.2) is 0 Å². The van der Waals surface area contributed by atoms with Crippen LogP contribution >= 0.6 is 27.3 Å². The highest BCUT2D eigenvalue weighted by molar-refractivity contribution is 9.10. The van der Waals surface area contributed by atoms with E-state index in [9.17, 15) is 9.59 Å². The van der Waals surface area contributed by atoms with Crippen molar-refractivity contribution >= 4 is 39.1 Å². The molecular weight excluding hydrogens is 366 g/mol. The molecule has 0 aliphatic rings. The van der Waals surface area contributed by atoms with Crippen LogP contribution in [0, 0.1) is 5.92 Å². The minimum Gasteiger partial charge on any atom is -0.481 e. The summed E-state index contributed by atoms with van der Waals surface area (Å²) in [6.07, 6.45) is 0. The van der Waals surface area contributed by atoms with Crippen LogP contribution in [0.1, 0.15) is 16.6 Å². The molecule has 1 atom stereocenters. The highest BCUT2D eigenvalue weighted by Crippen LogP contribution is 2.29. The minimum absolute atomic E-state index is 0.151. The van der Waals surface area contributed by atoms with E-state index in [4.69, 9.17) is 5.11 Å². The molecule has 0 saturated carbocycles. The monoisotopic (exact) mass is 381 g/mol. The highest BCUT2D eigenvalue weighted by atomic mass is 79.9. The summed E-state index contributed by atoms with van der Waals surface area (Å²) in [4.78, 5) is 26.3. The summed E-state index contributed by atoms with van der Waals surface area (Å²) in [6.45, 7) is 1.79. The van der Waals surface area contributed by atoms with Crippen molar-refractivity contribution in [2.45, 2.75) is 6.92 Å². The molecule has 6 heteroatoms. The summed E-state index contributed by atoms with van der Waals surface area (Å²) in [7, 11) is 1.63. The van der Waals surface area contributed by atoms with E-state index in [2.05, 4.69) is 15.9 Å². The van der Waals surface area contributed by atoms with Crippen LogP contribution in [0.3, 0.4) is 0 Å². The lowest BCUT2D eigenvalue weighted by molar-refractivity contribution is -0.141. The Bertz CT molecular complexity index is 681. The smallest absolute Gasteiger partial charge is 0.308 e. The van der Waals surface area contributed by atoms with E-state index >= 15 is 0 Å². The van der Waals surface area contributed by atoms with Crippen LogP contribution in [0.15, 0.2) is 40.9 Å². The molecule has 2 rings (SSSR count). The summed E-state index contributed by atoms with van der Waals surface area (Å²) in [5, 5.41) is 8.92. The van der Waals surface area contributed by atoms with Gasteiger partial charge in [-0.25, -0.2) is 0 Å². The molecule has 1 N–H and O–H groups in total. The van der Waals surface area contributed by atoms with E-state index < -0.39 is 11.9 Å². The molecule has 0 aliphatic heterocycles. The van der Waals surface area contributed by atoms with Gasteiger partial charge in [0, 0.05) is 22.9 Å². The fourth-order valence-electron chi connectivity index (χ4n) is 1.98. The van der Waals surface area contributed by atoms with Crippen molar-refractivity contribution in [1.82, 2.24) is 4.90 Å². The molecule has 22 heavy (non-hydrogen) atoms. The third kappa shape index (κ3) is 3.96. The van der Waals surface area contributed by atoms with Crippen molar-refractivity contribution in [2.75, 3.05) is 13.6 Å². The first-order valence-corrected chi connectivity index (χ1v) is 8.33. The Kier molecular flexibility index (Phi) is 5.37. The van der Waals surface area contributed by atoms with Gasteiger partial charge in [0.2, 0.25) is 0 Å². The van der Waals surface area contributed by atoms with Crippen molar-refractivity contribution in [2.24, 2.45) is 5.92 Å². The maximum Gasteiger partial charge on any atom is 0.308 e. The lowest BCUT2D eigenvalue weighted by Gasteiger charge is -2.18. The molecule has 116 valence electrons. The number of carbonyl (C=O) groups is 2. The third-order valence-corrected chi connectivity index (χ3v) is 4.91. The Morgan fingerprint density at radius 2 is 1.86 bits per heavy atom. The van der Waals surface area contributed by atoms with Crippen LogP contribution in [0.4, 0.5) is 0 Å². The Hall–Kier alpha value is -1.66. The van der Waals surface area contributed by atoms with Gasteiger partial charge in [-0.2, -0.15) is 0 Å². The SMILES string of the molecule is CC(CN(C)C(=O)c1ccc(-c2ccc(Br)cc2)s1)C(=O)O. The number of rotatable bonds is 5. The molecule has 1 heterocycles. The molecule has 1 unspecified atom stereocenters.